The Bertz CT molecular complexity index is 506. The maximum Gasteiger partial charge on any atom is 0.218 e. The Kier molecular flexibility index (Phi) is 5.30. The summed E-state index contributed by atoms with van der Waals surface area (Å²) in [7, 11) is 3.39. The first-order valence-corrected chi connectivity index (χ1v) is 8.20. The minimum absolute atomic E-state index is 0.143. The molecule has 0 aromatic carbocycles. The van der Waals surface area contributed by atoms with Crippen molar-refractivity contribution in [2.45, 2.75) is 18.4 Å². The third-order valence-electron chi connectivity index (χ3n) is 4.97. The van der Waals surface area contributed by atoms with Gasteiger partial charge in [-0.05, 0) is 12.8 Å². The van der Waals surface area contributed by atoms with E-state index in [1.807, 2.05) is 6.07 Å². The molecule has 2 aliphatic rings. The molecule has 7 heteroatoms. The summed E-state index contributed by atoms with van der Waals surface area (Å²) < 4.78 is 16.3. The van der Waals surface area contributed by atoms with Crippen LogP contribution in [0.15, 0.2) is 12.4 Å². The first-order valence-electron chi connectivity index (χ1n) is 8.20. The Morgan fingerprint density at radius 1 is 1.22 bits per heavy atom. The van der Waals surface area contributed by atoms with Gasteiger partial charge in [0.15, 0.2) is 0 Å². The van der Waals surface area contributed by atoms with E-state index in [1.165, 1.54) is 0 Å². The van der Waals surface area contributed by atoms with Crippen LogP contribution in [-0.4, -0.2) is 80.6 Å². The molecule has 0 saturated carbocycles. The van der Waals surface area contributed by atoms with Crippen LogP contribution in [0.4, 0.5) is 5.82 Å². The summed E-state index contributed by atoms with van der Waals surface area (Å²) in [5.74, 6) is 1.55. The first-order chi connectivity index (χ1) is 11.3. The van der Waals surface area contributed by atoms with Crippen molar-refractivity contribution in [1.29, 1.82) is 0 Å². The van der Waals surface area contributed by atoms with E-state index in [2.05, 4.69) is 19.8 Å². The summed E-state index contributed by atoms with van der Waals surface area (Å²) in [6.45, 7) is 6.30. The van der Waals surface area contributed by atoms with E-state index in [0.29, 0.717) is 5.88 Å². The highest BCUT2D eigenvalue weighted by molar-refractivity contribution is 5.41. The van der Waals surface area contributed by atoms with Crippen LogP contribution < -0.4 is 9.64 Å². The van der Waals surface area contributed by atoms with E-state index in [-0.39, 0.29) is 5.54 Å². The van der Waals surface area contributed by atoms with Crippen LogP contribution in [0.1, 0.15) is 12.8 Å². The molecular formula is C16H26N4O3. The van der Waals surface area contributed by atoms with Gasteiger partial charge in [0, 0.05) is 44.9 Å². The van der Waals surface area contributed by atoms with Gasteiger partial charge in [0.05, 0.1) is 26.9 Å². The molecule has 0 atom stereocenters. The Morgan fingerprint density at radius 2 is 2.04 bits per heavy atom. The summed E-state index contributed by atoms with van der Waals surface area (Å²) in [5, 5.41) is 0. The van der Waals surface area contributed by atoms with Crippen molar-refractivity contribution in [3.05, 3.63) is 12.4 Å². The molecule has 0 bridgehead atoms. The predicted octanol–water partition coefficient (Wildman–Crippen LogP) is 0.803. The van der Waals surface area contributed by atoms with Gasteiger partial charge >= 0.3 is 0 Å². The standard InChI is InChI=1S/C16H26N4O3/c1-21-9-7-20-8-10-23-12-16(20)3-5-19(6-4-16)14-11-15(22-2)18-13-17-14/h11,13H,3-10,12H2,1-2H3. The minimum Gasteiger partial charge on any atom is -0.481 e. The zero-order chi connectivity index (χ0) is 16.1. The molecule has 128 valence electrons. The fourth-order valence-corrected chi connectivity index (χ4v) is 3.54. The monoisotopic (exact) mass is 322 g/mol. The number of rotatable bonds is 5. The molecule has 0 radical (unpaired) electrons. The highest BCUT2D eigenvalue weighted by Crippen LogP contribution is 2.33. The van der Waals surface area contributed by atoms with E-state index in [1.54, 1.807) is 20.5 Å². The largest absolute Gasteiger partial charge is 0.481 e. The van der Waals surface area contributed by atoms with Crippen LogP contribution in [0.2, 0.25) is 0 Å². The molecule has 0 N–H and O–H groups in total. The summed E-state index contributed by atoms with van der Waals surface area (Å²) in [5.41, 5.74) is 0.143. The second-order valence-corrected chi connectivity index (χ2v) is 6.16. The first kappa shape index (κ1) is 16.4. The van der Waals surface area contributed by atoms with Crippen LogP contribution in [0.3, 0.4) is 0 Å². The molecule has 3 rings (SSSR count). The van der Waals surface area contributed by atoms with E-state index < -0.39 is 0 Å². The molecule has 23 heavy (non-hydrogen) atoms. The number of aromatic nitrogens is 2. The number of hydrogen-bond acceptors (Lipinski definition) is 7. The molecule has 2 aliphatic heterocycles. The zero-order valence-electron chi connectivity index (χ0n) is 14.0. The highest BCUT2D eigenvalue weighted by atomic mass is 16.5. The maximum absolute atomic E-state index is 5.80. The number of ether oxygens (including phenoxy) is 3. The molecule has 2 saturated heterocycles. The van der Waals surface area contributed by atoms with Gasteiger partial charge in [0.1, 0.15) is 12.1 Å². The summed E-state index contributed by atoms with van der Waals surface area (Å²) in [6.07, 6.45) is 3.71. The lowest BCUT2D eigenvalue weighted by Gasteiger charge is -2.51. The quantitative estimate of drug-likeness (QED) is 0.795. The SMILES string of the molecule is COCCN1CCOCC12CCN(c1cc(OC)ncn1)CC2. The van der Waals surface area contributed by atoms with Crippen molar-refractivity contribution in [2.24, 2.45) is 0 Å². The molecule has 1 aromatic heterocycles. The summed E-state index contributed by atoms with van der Waals surface area (Å²) in [6, 6.07) is 1.90. The van der Waals surface area contributed by atoms with Crippen molar-refractivity contribution in [3.8, 4) is 5.88 Å². The fourth-order valence-electron chi connectivity index (χ4n) is 3.54. The van der Waals surface area contributed by atoms with Crippen molar-refractivity contribution >= 4 is 5.82 Å². The predicted molar refractivity (Wildman–Crippen MR) is 87.0 cm³/mol. The third-order valence-corrected chi connectivity index (χ3v) is 4.97. The Labute approximate surface area is 137 Å². The van der Waals surface area contributed by atoms with Gasteiger partial charge in [-0.3, -0.25) is 4.90 Å². The smallest absolute Gasteiger partial charge is 0.218 e. The van der Waals surface area contributed by atoms with Gasteiger partial charge in [-0.15, -0.1) is 0 Å². The Balaban J connectivity index is 1.66. The number of morpholine rings is 1. The average molecular weight is 322 g/mol. The number of nitrogens with zero attached hydrogens (tertiary/aromatic N) is 4. The van der Waals surface area contributed by atoms with Crippen molar-refractivity contribution in [3.63, 3.8) is 0 Å². The summed E-state index contributed by atoms with van der Waals surface area (Å²) >= 11 is 0. The maximum atomic E-state index is 5.80. The lowest BCUT2D eigenvalue weighted by atomic mass is 9.85. The molecule has 1 aromatic rings. The third kappa shape index (κ3) is 3.57. The van der Waals surface area contributed by atoms with Crippen LogP contribution >= 0.6 is 0 Å². The number of hydrogen-bond donors (Lipinski definition) is 0. The van der Waals surface area contributed by atoms with E-state index >= 15 is 0 Å². The van der Waals surface area contributed by atoms with Crippen molar-refractivity contribution in [2.75, 3.05) is 65.1 Å². The molecule has 0 aliphatic carbocycles. The van der Waals surface area contributed by atoms with E-state index in [4.69, 9.17) is 14.2 Å². The van der Waals surface area contributed by atoms with E-state index in [9.17, 15) is 0 Å². The second kappa shape index (κ2) is 7.42. The molecule has 0 unspecified atom stereocenters. The lowest BCUT2D eigenvalue weighted by molar-refractivity contribution is -0.0857. The average Bonchev–Trinajstić information content (AvgIpc) is 2.62. The lowest BCUT2D eigenvalue weighted by Crippen LogP contribution is -2.62. The van der Waals surface area contributed by atoms with Gasteiger partial charge < -0.3 is 19.1 Å². The molecule has 1 spiro atoms. The van der Waals surface area contributed by atoms with Crippen LogP contribution in [0, 0.1) is 0 Å². The van der Waals surface area contributed by atoms with Gasteiger partial charge in [-0.2, -0.15) is 0 Å². The summed E-state index contributed by atoms with van der Waals surface area (Å²) in [4.78, 5) is 13.3. The van der Waals surface area contributed by atoms with Gasteiger partial charge in [-0.25, -0.2) is 9.97 Å². The molecule has 0 amide bonds. The molecule has 2 fully saturated rings. The second-order valence-electron chi connectivity index (χ2n) is 6.16. The van der Waals surface area contributed by atoms with Crippen molar-refractivity contribution < 1.29 is 14.2 Å². The number of anilines is 1. The Morgan fingerprint density at radius 3 is 2.78 bits per heavy atom. The normalized spacial score (nSPS) is 21.6. The van der Waals surface area contributed by atoms with Crippen LogP contribution in [0.5, 0.6) is 5.88 Å². The highest BCUT2D eigenvalue weighted by Gasteiger charge is 2.42. The minimum atomic E-state index is 0.143. The number of methoxy groups -OCH3 is 2. The topological polar surface area (TPSA) is 60.0 Å². The molecule has 3 heterocycles. The van der Waals surface area contributed by atoms with Gasteiger partial charge in [0.2, 0.25) is 5.88 Å². The number of piperidine rings is 1. The molecular weight excluding hydrogens is 296 g/mol. The zero-order valence-corrected chi connectivity index (χ0v) is 14.0. The van der Waals surface area contributed by atoms with Crippen molar-refractivity contribution in [1.82, 2.24) is 14.9 Å². The fraction of sp³-hybridized carbons (Fsp3) is 0.750. The Hall–Kier alpha value is -1.44. The van der Waals surface area contributed by atoms with Gasteiger partial charge in [0.25, 0.3) is 0 Å². The van der Waals surface area contributed by atoms with Crippen LogP contribution in [-0.2, 0) is 9.47 Å². The molecule has 7 nitrogen and oxygen atoms in total. The van der Waals surface area contributed by atoms with Crippen LogP contribution in [0.25, 0.3) is 0 Å². The van der Waals surface area contributed by atoms with Gasteiger partial charge in [-0.1, -0.05) is 0 Å². The van der Waals surface area contributed by atoms with E-state index in [0.717, 1.165) is 64.7 Å².